The predicted molar refractivity (Wildman–Crippen MR) is 89.7 cm³/mol. The summed E-state index contributed by atoms with van der Waals surface area (Å²) in [7, 11) is 1.97. The van der Waals surface area contributed by atoms with Gasteiger partial charge in [0.05, 0.1) is 5.69 Å². The number of halogens is 2. The summed E-state index contributed by atoms with van der Waals surface area (Å²) in [6, 6.07) is 6.56. The standard InChI is InChI=1S/C15H19Br2N3/c1-4-15-11(9-20(3)19-15)8-18-10(2)13-6-5-12(16)7-14(13)17/h5-7,9-10,18H,4,8H2,1-3H3. The summed E-state index contributed by atoms with van der Waals surface area (Å²) in [5.41, 5.74) is 3.70. The highest BCUT2D eigenvalue weighted by atomic mass is 79.9. The number of aryl methyl sites for hydroxylation is 2. The number of rotatable bonds is 5. The van der Waals surface area contributed by atoms with Gasteiger partial charge in [0.1, 0.15) is 0 Å². The Morgan fingerprint density at radius 3 is 2.75 bits per heavy atom. The minimum Gasteiger partial charge on any atom is -0.306 e. The molecule has 0 radical (unpaired) electrons. The summed E-state index contributed by atoms with van der Waals surface area (Å²) in [6.45, 7) is 5.15. The van der Waals surface area contributed by atoms with Gasteiger partial charge in [-0.2, -0.15) is 5.10 Å². The first kappa shape index (κ1) is 15.7. The first-order chi connectivity index (χ1) is 9.51. The summed E-state index contributed by atoms with van der Waals surface area (Å²) >= 11 is 7.10. The van der Waals surface area contributed by atoms with E-state index in [0.29, 0.717) is 0 Å². The molecule has 0 saturated heterocycles. The van der Waals surface area contributed by atoms with Crippen LogP contribution in [-0.4, -0.2) is 9.78 Å². The molecule has 108 valence electrons. The van der Waals surface area contributed by atoms with Crippen molar-refractivity contribution in [2.45, 2.75) is 32.9 Å². The Hall–Kier alpha value is -0.650. The molecule has 1 aromatic carbocycles. The van der Waals surface area contributed by atoms with Crippen LogP contribution in [0.4, 0.5) is 0 Å². The van der Waals surface area contributed by atoms with Crippen molar-refractivity contribution in [1.29, 1.82) is 0 Å². The van der Waals surface area contributed by atoms with Gasteiger partial charge in [-0.3, -0.25) is 4.68 Å². The van der Waals surface area contributed by atoms with E-state index in [1.165, 1.54) is 16.8 Å². The summed E-state index contributed by atoms with van der Waals surface area (Å²) in [6.07, 6.45) is 3.06. The van der Waals surface area contributed by atoms with Crippen molar-refractivity contribution in [2.75, 3.05) is 0 Å². The summed E-state index contributed by atoms with van der Waals surface area (Å²) < 4.78 is 4.09. The monoisotopic (exact) mass is 399 g/mol. The fourth-order valence-electron chi connectivity index (χ4n) is 2.25. The molecule has 0 saturated carbocycles. The second kappa shape index (κ2) is 6.87. The van der Waals surface area contributed by atoms with Gasteiger partial charge in [0.2, 0.25) is 0 Å². The molecule has 0 fully saturated rings. The van der Waals surface area contributed by atoms with Gasteiger partial charge in [-0.15, -0.1) is 0 Å². The van der Waals surface area contributed by atoms with Crippen LogP contribution in [0.15, 0.2) is 33.3 Å². The van der Waals surface area contributed by atoms with Gasteiger partial charge >= 0.3 is 0 Å². The van der Waals surface area contributed by atoms with E-state index in [0.717, 1.165) is 21.9 Å². The minimum atomic E-state index is 0.280. The molecule has 0 bridgehead atoms. The van der Waals surface area contributed by atoms with Crippen molar-refractivity contribution >= 4 is 31.9 Å². The van der Waals surface area contributed by atoms with Crippen LogP contribution in [0.2, 0.25) is 0 Å². The number of aromatic nitrogens is 2. The number of hydrogen-bond donors (Lipinski definition) is 1. The predicted octanol–water partition coefficient (Wildman–Crippen LogP) is 4.36. The van der Waals surface area contributed by atoms with Crippen molar-refractivity contribution < 1.29 is 0 Å². The molecular weight excluding hydrogens is 382 g/mol. The lowest BCUT2D eigenvalue weighted by atomic mass is 10.1. The fourth-order valence-corrected chi connectivity index (χ4v) is 3.65. The third-order valence-corrected chi connectivity index (χ3v) is 4.53. The van der Waals surface area contributed by atoms with E-state index in [2.05, 4.69) is 80.5 Å². The zero-order chi connectivity index (χ0) is 14.7. The minimum absolute atomic E-state index is 0.280. The molecule has 1 atom stereocenters. The second-order valence-electron chi connectivity index (χ2n) is 4.90. The molecule has 0 spiro atoms. The highest BCUT2D eigenvalue weighted by Crippen LogP contribution is 2.27. The van der Waals surface area contributed by atoms with E-state index >= 15 is 0 Å². The molecule has 0 aliphatic rings. The maximum atomic E-state index is 4.47. The molecule has 1 aromatic heterocycles. The van der Waals surface area contributed by atoms with Gasteiger partial charge in [-0.05, 0) is 31.0 Å². The molecular formula is C15H19Br2N3. The average molecular weight is 401 g/mol. The molecule has 2 aromatic rings. The SMILES string of the molecule is CCc1nn(C)cc1CNC(C)c1ccc(Br)cc1Br. The van der Waals surface area contributed by atoms with Gasteiger partial charge in [-0.25, -0.2) is 0 Å². The lowest BCUT2D eigenvalue weighted by molar-refractivity contribution is 0.570. The molecule has 20 heavy (non-hydrogen) atoms. The quantitative estimate of drug-likeness (QED) is 0.807. The van der Waals surface area contributed by atoms with E-state index in [1.54, 1.807) is 0 Å². The van der Waals surface area contributed by atoms with Crippen LogP contribution in [-0.2, 0) is 20.0 Å². The number of hydrogen-bond acceptors (Lipinski definition) is 2. The maximum Gasteiger partial charge on any atom is 0.0666 e. The summed E-state index contributed by atoms with van der Waals surface area (Å²) in [5, 5.41) is 8.04. The van der Waals surface area contributed by atoms with Crippen LogP contribution < -0.4 is 5.32 Å². The van der Waals surface area contributed by atoms with E-state index in [4.69, 9.17) is 0 Å². The molecule has 2 rings (SSSR count). The molecule has 1 unspecified atom stereocenters. The maximum absolute atomic E-state index is 4.47. The largest absolute Gasteiger partial charge is 0.306 e. The van der Waals surface area contributed by atoms with Crippen molar-refractivity contribution in [2.24, 2.45) is 7.05 Å². The van der Waals surface area contributed by atoms with Gasteiger partial charge in [0, 0.05) is 40.3 Å². The summed E-state index contributed by atoms with van der Waals surface area (Å²) in [5.74, 6) is 0. The van der Waals surface area contributed by atoms with Gasteiger partial charge in [0.25, 0.3) is 0 Å². The number of nitrogens with one attached hydrogen (secondary N) is 1. The molecule has 5 heteroatoms. The first-order valence-electron chi connectivity index (χ1n) is 6.71. The van der Waals surface area contributed by atoms with Crippen molar-refractivity contribution in [3.8, 4) is 0 Å². The third kappa shape index (κ3) is 3.71. The van der Waals surface area contributed by atoms with Crippen molar-refractivity contribution in [3.63, 3.8) is 0 Å². The van der Waals surface area contributed by atoms with Crippen molar-refractivity contribution in [3.05, 3.63) is 50.2 Å². The Morgan fingerprint density at radius 1 is 1.35 bits per heavy atom. The Kier molecular flexibility index (Phi) is 5.41. The van der Waals surface area contributed by atoms with E-state index in [-0.39, 0.29) is 6.04 Å². The van der Waals surface area contributed by atoms with Crippen LogP contribution in [0.5, 0.6) is 0 Å². The third-order valence-electron chi connectivity index (χ3n) is 3.35. The zero-order valence-electron chi connectivity index (χ0n) is 12.0. The Labute approximate surface area is 137 Å². The number of benzene rings is 1. The van der Waals surface area contributed by atoms with Gasteiger partial charge in [-0.1, -0.05) is 44.8 Å². The van der Waals surface area contributed by atoms with Crippen LogP contribution in [0.25, 0.3) is 0 Å². The summed E-state index contributed by atoms with van der Waals surface area (Å²) in [4.78, 5) is 0. The lowest BCUT2D eigenvalue weighted by Gasteiger charge is -2.16. The molecule has 0 aliphatic carbocycles. The first-order valence-corrected chi connectivity index (χ1v) is 8.29. The van der Waals surface area contributed by atoms with E-state index in [1.807, 2.05) is 11.7 Å². The van der Waals surface area contributed by atoms with E-state index < -0.39 is 0 Å². The molecule has 0 amide bonds. The number of nitrogens with zero attached hydrogens (tertiary/aromatic N) is 2. The lowest BCUT2D eigenvalue weighted by Crippen LogP contribution is -2.19. The Morgan fingerprint density at radius 2 is 2.10 bits per heavy atom. The van der Waals surface area contributed by atoms with E-state index in [9.17, 15) is 0 Å². The van der Waals surface area contributed by atoms with Gasteiger partial charge in [0.15, 0.2) is 0 Å². The zero-order valence-corrected chi connectivity index (χ0v) is 15.1. The highest BCUT2D eigenvalue weighted by molar-refractivity contribution is 9.11. The molecule has 1 heterocycles. The van der Waals surface area contributed by atoms with Crippen LogP contribution >= 0.6 is 31.9 Å². The molecule has 0 aliphatic heterocycles. The van der Waals surface area contributed by atoms with Crippen LogP contribution in [0, 0.1) is 0 Å². The average Bonchev–Trinajstić information content (AvgIpc) is 2.76. The normalized spacial score (nSPS) is 12.7. The molecule has 1 N–H and O–H groups in total. The van der Waals surface area contributed by atoms with Crippen LogP contribution in [0.3, 0.4) is 0 Å². The molecule has 3 nitrogen and oxygen atoms in total. The fraction of sp³-hybridized carbons (Fsp3) is 0.400. The topological polar surface area (TPSA) is 29.9 Å². The Balaban J connectivity index is 2.06. The van der Waals surface area contributed by atoms with Crippen LogP contribution in [0.1, 0.15) is 36.7 Å². The van der Waals surface area contributed by atoms with Crippen molar-refractivity contribution in [1.82, 2.24) is 15.1 Å². The van der Waals surface area contributed by atoms with Gasteiger partial charge < -0.3 is 5.32 Å². The highest BCUT2D eigenvalue weighted by Gasteiger charge is 2.11. The smallest absolute Gasteiger partial charge is 0.0666 e. The Bertz CT molecular complexity index is 593. The second-order valence-corrected chi connectivity index (χ2v) is 6.67.